The van der Waals surface area contributed by atoms with Gasteiger partial charge in [0.1, 0.15) is 0 Å². The van der Waals surface area contributed by atoms with E-state index in [1.165, 1.54) is 11.0 Å². The number of nitrogens with zero attached hydrogens (tertiary/aromatic N) is 1. The summed E-state index contributed by atoms with van der Waals surface area (Å²) in [6.45, 7) is 4.48. The second kappa shape index (κ2) is 6.15. The lowest BCUT2D eigenvalue weighted by Crippen LogP contribution is -2.31. The van der Waals surface area contributed by atoms with Crippen LogP contribution in [0.3, 0.4) is 0 Å². The van der Waals surface area contributed by atoms with Gasteiger partial charge in [0.05, 0.1) is 5.56 Å². The maximum atomic E-state index is 12.8. The summed E-state index contributed by atoms with van der Waals surface area (Å²) in [6, 6.07) is 3.25. The highest BCUT2D eigenvalue weighted by Gasteiger charge is 2.33. The van der Waals surface area contributed by atoms with Crippen LogP contribution in [-0.4, -0.2) is 24.4 Å². The fraction of sp³-hybridized carbons (Fsp3) is 0.500. The predicted molar refractivity (Wildman–Crippen MR) is 72.3 cm³/mol. The number of carbonyl (C=O) groups excluding carboxylic acids is 1. The SMILES string of the molecule is CCC(C)CN(C)C(=O)c1ccc(N)c(C(F)(F)F)c1. The number of hydrogen-bond acceptors (Lipinski definition) is 2. The van der Waals surface area contributed by atoms with Gasteiger partial charge in [0.15, 0.2) is 0 Å². The number of nitrogens with two attached hydrogens (primary N) is 1. The average molecular weight is 288 g/mol. The molecule has 1 aromatic rings. The topological polar surface area (TPSA) is 46.3 Å². The number of halogens is 3. The van der Waals surface area contributed by atoms with Crippen LogP contribution in [0.15, 0.2) is 18.2 Å². The predicted octanol–water partition coefficient (Wildman–Crippen LogP) is 3.41. The normalized spacial score (nSPS) is 13.1. The van der Waals surface area contributed by atoms with E-state index in [0.717, 1.165) is 18.6 Å². The number of amides is 1. The molecule has 0 fully saturated rings. The molecular formula is C14H19F3N2O. The van der Waals surface area contributed by atoms with Crippen molar-refractivity contribution in [2.24, 2.45) is 5.92 Å². The molecule has 20 heavy (non-hydrogen) atoms. The first-order chi connectivity index (χ1) is 9.16. The van der Waals surface area contributed by atoms with Crippen molar-refractivity contribution in [1.29, 1.82) is 0 Å². The molecule has 0 saturated heterocycles. The third-order valence-electron chi connectivity index (χ3n) is 3.23. The quantitative estimate of drug-likeness (QED) is 0.863. The molecule has 112 valence electrons. The van der Waals surface area contributed by atoms with Gasteiger partial charge in [0.25, 0.3) is 5.91 Å². The fourth-order valence-electron chi connectivity index (χ4n) is 1.83. The molecule has 0 saturated carbocycles. The van der Waals surface area contributed by atoms with Crippen LogP contribution in [0, 0.1) is 5.92 Å². The van der Waals surface area contributed by atoms with Crippen molar-refractivity contribution in [3.63, 3.8) is 0 Å². The Balaban J connectivity index is 3.00. The Bertz CT molecular complexity index is 486. The van der Waals surface area contributed by atoms with Gasteiger partial charge < -0.3 is 10.6 Å². The van der Waals surface area contributed by atoms with Crippen molar-refractivity contribution < 1.29 is 18.0 Å². The zero-order chi connectivity index (χ0) is 15.5. The molecule has 0 aliphatic carbocycles. The Morgan fingerprint density at radius 3 is 2.50 bits per heavy atom. The van der Waals surface area contributed by atoms with Gasteiger partial charge in [-0.2, -0.15) is 13.2 Å². The molecule has 6 heteroatoms. The van der Waals surface area contributed by atoms with E-state index in [-0.39, 0.29) is 11.3 Å². The Kier molecular flexibility index (Phi) is 5.03. The molecule has 0 aromatic heterocycles. The second-order valence-electron chi connectivity index (χ2n) is 5.00. The summed E-state index contributed by atoms with van der Waals surface area (Å²) >= 11 is 0. The number of carbonyl (C=O) groups is 1. The maximum absolute atomic E-state index is 12.8. The van der Waals surface area contributed by atoms with Crippen molar-refractivity contribution in [3.8, 4) is 0 Å². The monoisotopic (exact) mass is 288 g/mol. The van der Waals surface area contributed by atoms with Gasteiger partial charge in [0, 0.05) is 24.8 Å². The van der Waals surface area contributed by atoms with Crippen LogP contribution in [-0.2, 0) is 6.18 Å². The van der Waals surface area contributed by atoms with E-state index in [1.807, 2.05) is 13.8 Å². The van der Waals surface area contributed by atoms with Gasteiger partial charge >= 0.3 is 6.18 Å². The first-order valence-corrected chi connectivity index (χ1v) is 6.39. The largest absolute Gasteiger partial charge is 0.418 e. The van der Waals surface area contributed by atoms with Crippen molar-refractivity contribution >= 4 is 11.6 Å². The molecule has 0 heterocycles. The molecule has 0 spiro atoms. The Morgan fingerprint density at radius 2 is 2.00 bits per heavy atom. The average Bonchev–Trinajstić information content (AvgIpc) is 2.36. The van der Waals surface area contributed by atoms with Crippen molar-refractivity contribution in [2.45, 2.75) is 26.4 Å². The minimum atomic E-state index is -4.56. The number of hydrogen-bond donors (Lipinski definition) is 1. The van der Waals surface area contributed by atoms with E-state index < -0.39 is 17.6 Å². The van der Waals surface area contributed by atoms with Crippen LogP contribution in [0.25, 0.3) is 0 Å². The lowest BCUT2D eigenvalue weighted by molar-refractivity contribution is -0.136. The standard InChI is InChI=1S/C14H19F3N2O/c1-4-9(2)8-19(3)13(20)10-5-6-12(18)11(7-10)14(15,16)17/h5-7,9H,4,8,18H2,1-3H3. The van der Waals surface area contributed by atoms with Crippen LogP contribution in [0.5, 0.6) is 0 Å². The van der Waals surface area contributed by atoms with Gasteiger partial charge in [0.2, 0.25) is 0 Å². The van der Waals surface area contributed by atoms with Gasteiger partial charge in [-0.05, 0) is 24.1 Å². The van der Waals surface area contributed by atoms with Gasteiger partial charge in [-0.1, -0.05) is 20.3 Å². The molecule has 2 N–H and O–H groups in total. The molecule has 0 aliphatic rings. The highest BCUT2D eigenvalue weighted by molar-refractivity contribution is 5.94. The lowest BCUT2D eigenvalue weighted by Gasteiger charge is -2.21. The highest BCUT2D eigenvalue weighted by atomic mass is 19.4. The number of alkyl halides is 3. The molecule has 1 rings (SSSR count). The van der Waals surface area contributed by atoms with Crippen molar-refractivity contribution in [1.82, 2.24) is 4.90 Å². The Hall–Kier alpha value is -1.72. The van der Waals surface area contributed by atoms with Crippen LogP contribution >= 0.6 is 0 Å². The molecule has 1 unspecified atom stereocenters. The van der Waals surface area contributed by atoms with Crippen LogP contribution in [0.2, 0.25) is 0 Å². The summed E-state index contributed by atoms with van der Waals surface area (Å²) in [5.41, 5.74) is 3.96. The number of nitrogen functional groups attached to an aromatic ring is 1. The zero-order valence-electron chi connectivity index (χ0n) is 11.8. The Morgan fingerprint density at radius 1 is 1.40 bits per heavy atom. The minimum absolute atomic E-state index is 0.00247. The van der Waals surface area contributed by atoms with Gasteiger partial charge in [-0.3, -0.25) is 4.79 Å². The molecule has 1 atom stereocenters. The molecule has 0 bridgehead atoms. The first-order valence-electron chi connectivity index (χ1n) is 6.39. The summed E-state index contributed by atoms with van der Waals surface area (Å²) in [5, 5.41) is 0. The fourth-order valence-corrected chi connectivity index (χ4v) is 1.83. The summed E-state index contributed by atoms with van der Waals surface area (Å²) < 4.78 is 38.3. The van der Waals surface area contributed by atoms with Crippen molar-refractivity contribution in [3.05, 3.63) is 29.3 Å². The summed E-state index contributed by atoms with van der Waals surface area (Å²) in [7, 11) is 1.58. The van der Waals surface area contributed by atoms with Gasteiger partial charge in [-0.25, -0.2) is 0 Å². The van der Waals surface area contributed by atoms with E-state index in [0.29, 0.717) is 12.5 Å². The third kappa shape index (κ3) is 3.88. The van der Waals surface area contributed by atoms with E-state index in [9.17, 15) is 18.0 Å². The van der Waals surface area contributed by atoms with Gasteiger partial charge in [-0.15, -0.1) is 0 Å². The van der Waals surface area contributed by atoms with Crippen LogP contribution < -0.4 is 5.73 Å². The number of benzene rings is 1. The first kappa shape index (κ1) is 16.3. The maximum Gasteiger partial charge on any atom is 0.418 e. The number of anilines is 1. The molecule has 0 radical (unpaired) electrons. The second-order valence-corrected chi connectivity index (χ2v) is 5.00. The zero-order valence-corrected chi connectivity index (χ0v) is 11.8. The van der Waals surface area contributed by atoms with E-state index in [4.69, 9.17) is 5.73 Å². The molecule has 0 aliphatic heterocycles. The van der Waals surface area contributed by atoms with Crippen molar-refractivity contribution in [2.75, 3.05) is 19.3 Å². The van der Waals surface area contributed by atoms with E-state index in [2.05, 4.69) is 0 Å². The minimum Gasteiger partial charge on any atom is -0.398 e. The summed E-state index contributed by atoms with van der Waals surface area (Å²) in [6.07, 6.45) is -3.66. The molecule has 1 amide bonds. The number of rotatable bonds is 4. The summed E-state index contributed by atoms with van der Waals surface area (Å²) in [4.78, 5) is 13.5. The van der Waals surface area contributed by atoms with E-state index in [1.54, 1.807) is 7.05 Å². The lowest BCUT2D eigenvalue weighted by atomic mass is 10.1. The molecule has 1 aromatic carbocycles. The highest BCUT2D eigenvalue weighted by Crippen LogP contribution is 2.34. The van der Waals surface area contributed by atoms with E-state index >= 15 is 0 Å². The Labute approximate surface area is 116 Å². The molecular weight excluding hydrogens is 269 g/mol. The van der Waals surface area contributed by atoms with Crippen LogP contribution in [0.1, 0.15) is 36.2 Å². The third-order valence-corrected chi connectivity index (χ3v) is 3.23. The van der Waals surface area contributed by atoms with Crippen LogP contribution in [0.4, 0.5) is 18.9 Å². The molecule has 3 nitrogen and oxygen atoms in total. The smallest absolute Gasteiger partial charge is 0.398 e. The summed E-state index contributed by atoms with van der Waals surface area (Å²) in [5.74, 6) is -0.143.